The van der Waals surface area contributed by atoms with Crippen molar-refractivity contribution in [1.29, 1.82) is 0 Å². The van der Waals surface area contributed by atoms with E-state index in [-0.39, 0.29) is 17.5 Å². The number of carbonyl (C=O) groups is 1. The van der Waals surface area contributed by atoms with Crippen LogP contribution in [0, 0.1) is 12.3 Å². The van der Waals surface area contributed by atoms with E-state index >= 15 is 0 Å². The second-order valence-corrected chi connectivity index (χ2v) is 4.03. The minimum Gasteiger partial charge on any atom is -0.350 e. The smallest absolute Gasteiger partial charge is 0.237 e. The van der Waals surface area contributed by atoms with Crippen molar-refractivity contribution in [2.45, 2.75) is 45.7 Å². The monoisotopic (exact) mass is 196 g/mol. The standard InChI is InChI=1S/C11H20N2O/c1-6-8-12-9(3)10(14)13-11(4,5)7-2/h1,9,12H,7-8H2,2-5H3,(H,13,14). The molecule has 0 fully saturated rings. The number of rotatable bonds is 5. The molecule has 1 amide bonds. The van der Waals surface area contributed by atoms with Gasteiger partial charge in [0.2, 0.25) is 5.91 Å². The zero-order chi connectivity index (χ0) is 11.2. The Bertz CT molecular complexity index is 228. The van der Waals surface area contributed by atoms with E-state index in [1.165, 1.54) is 0 Å². The summed E-state index contributed by atoms with van der Waals surface area (Å²) in [7, 11) is 0. The highest BCUT2D eigenvalue weighted by Crippen LogP contribution is 2.06. The summed E-state index contributed by atoms with van der Waals surface area (Å²) in [5, 5.41) is 5.88. The first-order valence-electron chi connectivity index (χ1n) is 4.92. The molecular weight excluding hydrogens is 176 g/mol. The zero-order valence-corrected chi connectivity index (χ0v) is 9.48. The Morgan fingerprint density at radius 3 is 2.57 bits per heavy atom. The fourth-order valence-electron chi connectivity index (χ4n) is 0.835. The molecule has 0 aromatic heterocycles. The largest absolute Gasteiger partial charge is 0.350 e. The quantitative estimate of drug-likeness (QED) is 0.642. The molecule has 1 atom stereocenters. The first-order valence-corrected chi connectivity index (χ1v) is 4.92. The molecule has 0 saturated heterocycles. The number of terminal acetylenes is 1. The minimum absolute atomic E-state index is 0.00731. The lowest BCUT2D eigenvalue weighted by Gasteiger charge is -2.26. The second-order valence-electron chi connectivity index (χ2n) is 4.03. The normalized spacial score (nSPS) is 13.1. The molecule has 0 bridgehead atoms. The molecular formula is C11H20N2O. The maximum Gasteiger partial charge on any atom is 0.237 e. The first-order chi connectivity index (χ1) is 6.43. The van der Waals surface area contributed by atoms with Crippen LogP contribution in [0.3, 0.4) is 0 Å². The zero-order valence-electron chi connectivity index (χ0n) is 9.48. The van der Waals surface area contributed by atoms with Gasteiger partial charge in [-0.15, -0.1) is 6.42 Å². The van der Waals surface area contributed by atoms with Crippen LogP contribution in [-0.2, 0) is 4.79 Å². The molecule has 0 aliphatic carbocycles. The molecule has 0 rings (SSSR count). The summed E-state index contributed by atoms with van der Waals surface area (Å²) >= 11 is 0. The van der Waals surface area contributed by atoms with Gasteiger partial charge in [-0.1, -0.05) is 12.8 Å². The molecule has 14 heavy (non-hydrogen) atoms. The van der Waals surface area contributed by atoms with Crippen molar-refractivity contribution in [1.82, 2.24) is 10.6 Å². The molecule has 3 nitrogen and oxygen atoms in total. The lowest BCUT2D eigenvalue weighted by atomic mass is 10.0. The van der Waals surface area contributed by atoms with Gasteiger partial charge in [0, 0.05) is 5.54 Å². The molecule has 0 spiro atoms. The SMILES string of the molecule is C#CCNC(C)C(=O)NC(C)(C)CC. The van der Waals surface area contributed by atoms with Crippen molar-refractivity contribution < 1.29 is 4.79 Å². The van der Waals surface area contributed by atoms with Crippen LogP contribution in [-0.4, -0.2) is 24.0 Å². The van der Waals surface area contributed by atoms with E-state index < -0.39 is 0 Å². The average Bonchev–Trinajstić information content (AvgIpc) is 2.13. The Kier molecular flexibility index (Phi) is 5.26. The van der Waals surface area contributed by atoms with Crippen molar-refractivity contribution in [3.63, 3.8) is 0 Å². The summed E-state index contributed by atoms with van der Waals surface area (Å²) in [6.45, 7) is 8.26. The molecule has 0 saturated carbocycles. The molecule has 1 unspecified atom stereocenters. The van der Waals surface area contributed by atoms with Gasteiger partial charge in [-0.2, -0.15) is 0 Å². The van der Waals surface area contributed by atoms with Gasteiger partial charge in [-0.3, -0.25) is 10.1 Å². The van der Waals surface area contributed by atoms with Crippen LogP contribution in [0.15, 0.2) is 0 Å². The van der Waals surface area contributed by atoms with Gasteiger partial charge in [-0.25, -0.2) is 0 Å². The maximum absolute atomic E-state index is 11.6. The molecule has 0 radical (unpaired) electrons. The topological polar surface area (TPSA) is 41.1 Å². The highest BCUT2D eigenvalue weighted by atomic mass is 16.2. The van der Waals surface area contributed by atoms with E-state index in [0.717, 1.165) is 6.42 Å². The Hall–Kier alpha value is -1.01. The van der Waals surface area contributed by atoms with Crippen LogP contribution in [0.1, 0.15) is 34.1 Å². The maximum atomic E-state index is 11.6. The summed E-state index contributed by atoms with van der Waals surface area (Å²) in [5.41, 5.74) is -0.150. The third-order valence-corrected chi connectivity index (χ3v) is 2.25. The number of amides is 1. The predicted octanol–water partition coefficient (Wildman–Crippen LogP) is 0.902. The van der Waals surface area contributed by atoms with Gasteiger partial charge in [0.05, 0.1) is 12.6 Å². The van der Waals surface area contributed by atoms with Crippen molar-refractivity contribution >= 4 is 5.91 Å². The number of hydrogen-bond acceptors (Lipinski definition) is 2. The van der Waals surface area contributed by atoms with Gasteiger partial charge in [-0.05, 0) is 27.2 Å². The van der Waals surface area contributed by atoms with E-state index in [1.807, 2.05) is 20.8 Å². The molecule has 3 heteroatoms. The number of carbonyl (C=O) groups excluding carboxylic acids is 1. The van der Waals surface area contributed by atoms with Crippen molar-refractivity contribution in [3.05, 3.63) is 0 Å². The van der Waals surface area contributed by atoms with Crippen LogP contribution < -0.4 is 10.6 Å². The van der Waals surface area contributed by atoms with E-state index in [4.69, 9.17) is 6.42 Å². The fourth-order valence-corrected chi connectivity index (χ4v) is 0.835. The lowest BCUT2D eigenvalue weighted by Crippen LogP contribution is -2.50. The van der Waals surface area contributed by atoms with Gasteiger partial charge >= 0.3 is 0 Å². The van der Waals surface area contributed by atoms with E-state index in [1.54, 1.807) is 6.92 Å². The molecule has 2 N–H and O–H groups in total. The van der Waals surface area contributed by atoms with Crippen LogP contribution in [0.4, 0.5) is 0 Å². The van der Waals surface area contributed by atoms with Gasteiger partial charge in [0.15, 0.2) is 0 Å². The Morgan fingerprint density at radius 2 is 2.14 bits per heavy atom. The number of nitrogens with one attached hydrogen (secondary N) is 2. The van der Waals surface area contributed by atoms with Crippen LogP contribution in [0.2, 0.25) is 0 Å². The first kappa shape index (κ1) is 13.0. The van der Waals surface area contributed by atoms with Gasteiger partial charge in [0.1, 0.15) is 0 Å². The highest BCUT2D eigenvalue weighted by Gasteiger charge is 2.20. The van der Waals surface area contributed by atoms with E-state index in [0.29, 0.717) is 6.54 Å². The third-order valence-electron chi connectivity index (χ3n) is 2.25. The summed E-state index contributed by atoms with van der Waals surface area (Å²) in [6, 6.07) is -0.239. The second kappa shape index (κ2) is 5.66. The molecule has 0 aliphatic rings. The third kappa shape index (κ3) is 4.88. The van der Waals surface area contributed by atoms with E-state index in [9.17, 15) is 4.79 Å². The van der Waals surface area contributed by atoms with Crippen LogP contribution >= 0.6 is 0 Å². The highest BCUT2D eigenvalue weighted by molar-refractivity contribution is 5.81. The number of hydrogen-bond donors (Lipinski definition) is 2. The molecule has 80 valence electrons. The summed E-state index contributed by atoms with van der Waals surface area (Å²) in [5.74, 6) is 2.43. The Morgan fingerprint density at radius 1 is 1.57 bits per heavy atom. The summed E-state index contributed by atoms with van der Waals surface area (Å²) in [4.78, 5) is 11.6. The van der Waals surface area contributed by atoms with Gasteiger partial charge in [0.25, 0.3) is 0 Å². The van der Waals surface area contributed by atoms with Crippen LogP contribution in [0.25, 0.3) is 0 Å². The Balaban J connectivity index is 4.02. The van der Waals surface area contributed by atoms with Crippen molar-refractivity contribution in [3.8, 4) is 12.3 Å². The molecule has 0 heterocycles. The average molecular weight is 196 g/mol. The molecule has 0 aromatic rings. The van der Waals surface area contributed by atoms with Crippen LogP contribution in [0.5, 0.6) is 0 Å². The summed E-state index contributed by atoms with van der Waals surface area (Å²) in [6.07, 6.45) is 5.99. The van der Waals surface area contributed by atoms with Crippen molar-refractivity contribution in [2.24, 2.45) is 0 Å². The van der Waals surface area contributed by atoms with E-state index in [2.05, 4.69) is 16.6 Å². The van der Waals surface area contributed by atoms with Crippen molar-refractivity contribution in [2.75, 3.05) is 6.54 Å². The van der Waals surface area contributed by atoms with Gasteiger partial charge < -0.3 is 5.32 Å². The Labute approximate surface area is 86.6 Å². The molecule has 0 aliphatic heterocycles. The summed E-state index contributed by atoms with van der Waals surface area (Å²) < 4.78 is 0. The predicted molar refractivity (Wildman–Crippen MR) is 58.8 cm³/mol. The lowest BCUT2D eigenvalue weighted by molar-refractivity contribution is -0.124. The fraction of sp³-hybridized carbons (Fsp3) is 0.727. The minimum atomic E-state index is -0.239. The molecule has 0 aromatic carbocycles.